The van der Waals surface area contributed by atoms with Gasteiger partial charge < -0.3 is 4.74 Å². The number of nitro benzene ring substituents is 1. The van der Waals surface area contributed by atoms with Crippen LogP contribution in [0, 0.1) is 17.0 Å². The van der Waals surface area contributed by atoms with E-state index in [1.165, 1.54) is 6.07 Å². The van der Waals surface area contributed by atoms with E-state index in [9.17, 15) is 14.9 Å². The van der Waals surface area contributed by atoms with Crippen molar-refractivity contribution in [2.75, 3.05) is 0 Å². The van der Waals surface area contributed by atoms with E-state index in [2.05, 4.69) is 10.2 Å². The summed E-state index contributed by atoms with van der Waals surface area (Å²) in [6, 6.07) is 11.4. The predicted molar refractivity (Wildman–Crippen MR) is 88.3 cm³/mol. The molecule has 25 heavy (non-hydrogen) atoms. The molecule has 1 aromatic heterocycles. The molecule has 126 valence electrons. The molecule has 8 nitrogen and oxygen atoms in total. The van der Waals surface area contributed by atoms with Gasteiger partial charge in [0.1, 0.15) is 19.3 Å². The maximum atomic E-state index is 12.1. The van der Waals surface area contributed by atoms with Crippen molar-refractivity contribution in [3.05, 3.63) is 81.9 Å². The molecule has 2 aromatic carbocycles. The molecule has 3 rings (SSSR count). The Labute approximate surface area is 142 Å². The molecular weight excluding hydrogens is 324 g/mol. The zero-order valence-corrected chi connectivity index (χ0v) is 13.3. The van der Waals surface area contributed by atoms with Crippen molar-refractivity contribution >= 4 is 11.7 Å². The van der Waals surface area contributed by atoms with Crippen molar-refractivity contribution in [3.63, 3.8) is 0 Å². The number of rotatable bonds is 5. The van der Waals surface area contributed by atoms with E-state index in [1.807, 2.05) is 0 Å². The third-order valence-corrected chi connectivity index (χ3v) is 3.65. The SMILES string of the molecule is Cc1cc(COC(=O)c2ccc(-n3cnnc3)cc2)ccc1[N+](=O)[O-]. The van der Waals surface area contributed by atoms with Gasteiger partial charge in [0.05, 0.1) is 10.5 Å². The van der Waals surface area contributed by atoms with Gasteiger partial charge >= 0.3 is 5.97 Å². The topological polar surface area (TPSA) is 100 Å². The Morgan fingerprint density at radius 2 is 1.84 bits per heavy atom. The lowest BCUT2D eigenvalue weighted by Gasteiger charge is -2.07. The number of nitrogens with zero attached hydrogens (tertiary/aromatic N) is 4. The number of carbonyl (C=O) groups is 1. The molecule has 0 N–H and O–H groups in total. The van der Waals surface area contributed by atoms with Crippen LogP contribution in [0.5, 0.6) is 0 Å². The average Bonchev–Trinajstić information content (AvgIpc) is 3.14. The van der Waals surface area contributed by atoms with Gasteiger partial charge in [-0.3, -0.25) is 14.7 Å². The summed E-state index contributed by atoms with van der Waals surface area (Å²) in [4.78, 5) is 22.5. The standard InChI is InChI=1S/C17H14N4O4/c1-12-8-13(2-7-16(12)21(23)24)9-25-17(22)14-3-5-15(6-4-14)20-10-18-19-11-20/h2-8,10-11H,9H2,1H3. The number of hydrogen-bond donors (Lipinski definition) is 0. The van der Waals surface area contributed by atoms with Crippen molar-refractivity contribution in [3.8, 4) is 5.69 Å². The second kappa shape index (κ2) is 6.91. The van der Waals surface area contributed by atoms with Crippen LogP contribution in [0.4, 0.5) is 5.69 Å². The Morgan fingerprint density at radius 3 is 2.44 bits per heavy atom. The fraction of sp³-hybridized carbons (Fsp3) is 0.118. The van der Waals surface area contributed by atoms with Crippen LogP contribution in [0.1, 0.15) is 21.5 Å². The second-order valence-corrected chi connectivity index (χ2v) is 5.37. The number of ether oxygens (including phenoxy) is 1. The van der Waals surface area contributed by atoms with Crippen LogP contribution in [-0.4, -0.2) is 25.7 Å². The Morgan fingerprint density at radius 1 is 1.16 bits per heavy atom. The summed E-state index contributed by atoms with van der Waals surface area (Å²) in [5.74, 6) is -0.466. The molecule has 8 heteroatoms. The summed E-state index contributed by atoms with van der Waals surface area (Å²) in [7, 11) is 0. The molecule has 0 atom stereocenters. The Hall–Kier alpha value is -3.55. The van der Waals surface area contributed by atoms with Crippen molar-refractivity contribution < 1.29 is 14.5 Å². The Bertz CT molecular complexity index is 905. The number of carbonyl (C=O) groups excluding carboxylic acids is 1. The molecule has 0 fully saturated rings. The molecule has 3 aromatic rings. The number of nitro groups is 1. The van der Waals surface area contributed by atoms with Gasteiger partial charge in [0.2, 0.25) is 0 Å². The molecule has 0 bridgehead atoms. The lowest BCUT2D eigenvalue weighted by Crippen LogP contribution is -2.06. The van der Waals surface area contributed by atoms with E-state index < -0.39 is 10.9 Å². The molecule has 0 aliphatic heterocycles. The fourth-order valence-corrected chi connectivity index (χ4v) is 2.35. The number of esters is 1. The van der Waals surface area contributed by atoms with Gasteiger partial charge in [0.25, 0.3) is 5.69 Å². The van der Waals surface area contributed by atoms with Gasteiger partial charge in [0, 0.05) is 17.3 Å². The molecule has 0 saturated heterocycles. The van der Waals surface area contributed by atoms with Crippen LogP contribution in [0.3, 0.4) is 0 Å². The minimum Gasteiger partial charge on any atom is -0.457 e. The number of hydrogen-bond acceptors (Lipinski definition) is 6. The van der Waals surface area contributed by atoms with Gasteiger partial charge in [-0.2, -0.15) is 0 Å². The van der Waals surface area contributed by atoms with Crippen LogP contribution in [0.15, 0.2) is 55.1 Å². The van der Waals surface area contributed by atoms with Gasteiger partial charge in [-0.25, -0.2) is 4.79 Å². The lowest BCUT2D eigenvalue weighted by molar-refractivity contribution is -0.385. The van der Waals surface area contributed by atoms with Crippen molar-refractivity contribution in [1.29, 1.82) is 0 Å². The van der Waals surface area contributed by atoms with Crippen molar-refractivity contribution in [2.45, 2.75) is 13.5 Å². The Balaban J connectivity index is 1.64. The molecule has 1 heterocycles. The number of benzene rings is 2. The van der Waals surface area contributed by atoms with E-state index in [-0.39, 0.29) is 12.3 Å². The molecule has 0 unspecified atom stereocenters. The average molecular weight is 338 g/mol. The number of aryl methyl sites for hydroxylation is 1. The number of aromatic nitrogens is 3. The van der Waals surface area contributed by atoms with Gasteiger partial charge in [-0.1, -0.05) is 0 Å². The van der Waals surface area contributed by atoms with Crippen LogP contribution >= 0.6 is 0 Å². The summed E-state index contributed by atoms with van der Waals surface area (Å²) in [6.45, 7) is 1.69. The normalized spacial score (nSPS) is 10.4. The van der Waals surface area contributed by atoms with Crippen LogP contribution < -0.4 is 0 Å². The quantitative estimate of drug-likeness (QED) is 0.403. The molecule has 0 aliphatic rings. The highest BCUT2D eigenvalue weighted by atomic mass is 16.6. The third-order valence-electron chi connectivity index (χ3n) is 3.65. The van der Waals surface area contributed by atoms with Crippen molar-refractivity contribution in [1.82, 2.24) is 14.8 Å². The van der Waals surface area contributed by atoms with Crippen molar-refractivity contribution in [2.24, 2.45) is 0 Å². The zero-order chi connectivity index (χ0) is 17.8. The van der Waals surface area contributed by atoms with E-state index in [4.69, 9.17) is 4.74 Å². The third kappa shape index (κ3) is 3.69. The minimum absolute atomic E-state index is 0.0413. The summed E-state index contributed by atoms with van der Waals surface area (Å²) < 4.78 is 6.98. The summed E-state index contributed by atoms with van der Waals surface area (Å²) >= 11 is 0. The highest BCUT2D eigenvalue weighted by molar-refractivity contribution is 5.89. The Kier molecular flexibility index (Phi) is 4.51. The highest BCUT2D eigenvalue weighted by Gasteiger charge is 2.12. The smallest absolute Gasteiger partial charge is 0.338 e. The first-order chi connectivity index (χ1) is 12.0. The predicted octanol–water partition coefficient (Wildman–Crippen LogP) is 2.84. The molecule has 0 spiro atoms. The maximum Gasteiger partial charge on any atom is 0.338 e. The van der Waals surface area contributed by atoms with Crippen LogP contribution in [0.25, 0.3) is 5.69 Å². The van der Waals surface area contributed by atoms with Crippen LogP contribution in [-0.2, 0) is 11.3 Å². The van der Waals surface area contributed by atoms with Gasteiger partial charge in [-0.15, -0.1) is 10.2 Å². The first kappa shape index (κ1) is 16.3. The first-order valence-corrected chi connectivity index (χ1v) is 7.41. The monoisotopic (exact) mass is 338 g/mol. The summed E-state index contributed by atoms with van der Waals surface area (Å²) in [5.41, 5.74) is 2.50. The van der Waals surface area contributed by atoms with Gasteiger partial charge in [0.15, 0.2) is 0 Å². The zero-order valence-electron chi connectivity index (χ0n) is 13.3. The summed E-state index contributed by atoms with van der Waals surface area (Å²) in [5, 5.41) is 18.3. The summed E-state index contributed by atoms with van der Waals surface area (Å²) in [6.07, 6.45) is 3.12. The van der Waals surface area contributed by atoms with Gasteiger partial charge in [-0.05, 0) is 48.9 Å². The maximum absolute atomic E-state index is 12.1. The van der Waals surface area contributed by atoms with E-state index in [1.54, 1.807) is 60.5 Å². The minimum atomic E-state index is -0.466. The first-order valence-electron chi connectivity index (χ1n) is 7.41. The lowest BCUT2D eigenvalue weighted by atomic mass is 10.1. The van der Waals surface area contributed by atoms with E-state index in [0.29, 0.717) is 16.7 Å². The van der Waals surface area contributed by atoms with Crippen LogP contribution in [0.2, 0.25) is 0 Å². The molecule has 0 aliphatic carbocycles. The van der Waals surface area contributed by atoms with E-state index in [0.717, 1.165) is 5.69 Å². The molecule has 0 saturated carbocycles. The highest BCUT2D eigenvalue weighted by Crippen LogP contribution is 2.19. The van der Waals surface area contributed by atoms with E-state index >= 15 is 0 Å². The molecule has 0 radical (unpaired) electrons. The second-order valence-electron chi connectivity index (χ2n) is 5.37. The molecule has 0 amide bonds. The fourth-order valence-electron chi connectivity index (χ4n) is 2.35. The molecular formula is C17H14N4O4. The largest absolute Gasteiger partial charge is 0.457 e.